The fourth-order valence-corrected chi connectivity index (χ4v) is 4.73. The highest BCUT2D eigenvalue weighted by molar-refractivity contribution is 8.03. The Hall–Kier alpha value is -1.19. The van der Waals surface area contributed by atoms with Gasteiger partial charge in [0.05, 0.1) is 5.25 Å². The summed E-state index contributed by atoms with van der Waals surface area (Å²) >= 11 is 4.24. The zero-order valence-electron chi connectivity index (χ0n) is 13.4. The van der Waals surface area contributed by atoms with E-state index in [1.807, 2.05) is 0 Å². The summed E-state index contributed by atoms with van der Waals surface area (Å²) < 4.78 is 28.6. The minimum atomic E-state index is -0.802. The van der Waals surface area contributed by atoms with Crippen LogP contribution < -0.4 is 5.32 Å². The average Bonchev–Trinajstić information content (AvgIpc) is 2.96. The predicted molar refractivity (Wildman–Crippen MR) is 95.8 cm³/mol. The number of aromatic nitrogens is 2. The molecule has 4 nitrogen and oxygen atoms in total. The number of para-hydroxylation sites is 1. The van der Waals surface area contributed by atoms with E-state index in [1.54, 1.807) is 18.7 Å². The van der Waals surface area contributed by atoms with Gasteiger partial charge in [-0.2, -0.15) is 0 Å². The molecular weight excluding hydrogens is 372 g/mol. The highest BCUT2D eigenvalue weighted by atomic mass is 32.2. The summed E-state index contributed by atoms with van der Waals surface area (Å²) in [6.07, 6.45) is 0. The van der Waals surface area contributed by atoms with Crippen molar-refractivity contribution < 1.29 is 13.6 Å². The SMILES string of the molecule is CC(C)CSc1nnc(S[C@@H](C)C(=O)Nc2c(F)cccc2F)s1. The largest absolute Gasteiger partial charge is 0.320 e. The van der Waals surface area contributed by atoms with Gasteiger partial charge >= 0.3 is 0 Å². The molecule has 0 spiro atoms. The molecule has 9 heteroatoms. The van der Waals surface area contributed by atoms with Crippen LogP contribution in [0, 0.1) is 17.6 Å². The van der Waals surface area contributed by atoms with Crippen molar-refractivity contribution in [3.8, 4) is 0 Å². The van der Waals surface area contributed by atoms with Crippen LogP contribution in [0.15, 0.2) is 26.9 Å². The van der Waals surface area contributed by atoms with Crippen molar-refractivity contribution in [1.82, 2.24) is 10.2 Å². The number of thioether (sulfide) groups is 2. The first-order valence-electron chi connectivity index (χ1n) is 7.24. The van der Waals surface area contributed by atoms with Crippen LogP contribution in [-0.2, 0) is 4.79 Å². The molecular formula is C15H17F2N3OS3. The van der Waals surface area contributed by atoms with Crippen LogP contribution in [0.25, 0.3) is 0 Å². The Kier molecular flexibility index (Phi) is 7.00. The number of nitrogens with one attached hydrogen (secondary N) is 1. The molecule has 0 aliphatic carbocycles. The number of halogens is 2. The Bertz CT molecular complexity index is 689. The van der Waals surface area contributed by atoms with Crippen LogP contribution in [0.5, 0.6) is 0 Å². The molecule has 1 atom stereocenters. The minimum absolute atomic E-state index is 0.430. The number of amides is 1. The van der Waals surface area contributed by atoms with Crippen molar-refractivity contribution in [2.45, 2.75) is 34.7 Å². The Labute approximate surface area is 151 Å². The molecule has 0 fully saturated rings. The molecule has 0 radical (unpaired) electrons. The average molecular weight is 390 g/mol. The maximum atomic E-state index is 13.6. The lowest BCUT2D eigenvalue weighted by Gasteiger charge is -2.11. The normalized spacial score (nSPS) is 12.4. The Morgan fingerprint density at radius 2 is 1.83 bits per heavy atom. The number of carbonyl (C=O) groups excluding carboxylic acids is 1. The summed E-state index contributed by atoms with van der Waals surface area (Å²) in [7, 11) is 0. The van der Waals surface area contributed by atoms with E-state index in [9.17, 15) is 13.6 Å². The number of anilines is 1. The summed E-state index contributed by atoms with van der Waals surface area (Å²) in [6.45, 7) is 5.90. The number of hydrogen-bond acceptors (Lipinski definition) is 6. The predicted octanol–water partition coefficient (Wildman–Crippen LogP) is 4.68. The molecule has 1 N–H and O–H groups in total. The van der Waals surface area contributed by atoms with Gasteiger partial charge in [-0.25, -0.2) is 8.78 Å². The first-order valence-corrected chi connectivity index (χ1v) is 9.92. The molecule has 0 aliphatic heterocycles. The summed E-state index contributed by atoms with van der Waals surface area (Å²) in [6, 6.07) is 3.44. The third kappa shape index (κ3) is 5.42. The van der Waals surface area contributed by atoms with Crippen molar-refractivity contribution in [3.63, 3.8) is 0 Å². The number of hydrogen-bond donors (Lipinski definition) is 1. The lowest BCUT2D eigenvalue weighted by atomic mass is 10.3. The molecule has 2 aromatic rings. The fourth-order valence-electron chi connectivity index (χ4n) is 1.59. The van der Waals surface area contributed by atoms with Crippen LogP contribution in [-0.4, -0.2) is 27.1 Å². The molecule has 24 heavy (non-hydrogen) atoms. The molecule has 1 aromatic carbocycles. The number of nitrogens with zero attached hydrogens (tertiary/aromatic N) is 2. The summed E-state index contributed by atoms with van der Waals surface area (Å²) in [5.74, 6) is -0.597. The lowest BCUT2D eigenvalue weighted by molar-refractivity contribution is -0.115. The molecule has 1 heterocycles. The molecule has 1 amide bonds. The van der Waals surface area contributed by atoms with Crippen molar-refractivity contribution in [2.24, 2.45) is 5.92 Å². The maximum absolute atomic E-state index is 13.6. The van der Waals surface area contributed by atoms with Crippen LogP contribution in [0.1, 0.15) is 20.8 Å². The fraction of sp³-hybridized carbons (Fsp3) is 0.400. The van der Waals surface area contributed by atoms with E-state index >= 15 is 0 Å². The van der Waals surface area contributed by atoms with Gasteiger partial charge in [0.15, 0.2) is 8.68 Å². The molecule has 0 aliphatic rings. The van der Waals surface area contributed by atoms with Crippen LogP contribution >= 0.6 is 34.9 Å². The second-order valence-electron chi connectivity index (χ2n) is 5.38. The third-order valence-corrected chi connectivity index (χ3v) is 6.45. The van der Waals surface area contributed by atoms with Crippen LogP contribution in [0.4, 0.5) is 14.5 Å². The first kappa shape index (κ1) is 19.1. The van der Waals surface area contributed by atoms with Crippen LogP contribution in [0.2, 0.25) is 0 Å². The second kappa shape index (κ2) is 8.77. The van der Waals surface area contributed by atoms with E-state index < -0.39 is 28.5 Å². The monoisotopic (exact) mass is 389 g/mol. The van der Waals surface area contributed by atoms with E-state index in [1.165, 1.54) is 29.2 Å². The lowest BCUT2D eigenvalue weighted by Crippen LogP contribution is -2.23. The Balaban J connectivity index is 1.94. The van der Waals surface area contributed by atoms with Gasteiger partial charge in [0.2, 0.25) is 5.91 Å². The third-order valence-electron chi connectivity index (χ3n) is 2.79. The maximum Gasteiger partial charge on any atom is 0.237 e. The van der Waals surface area contributed by atoms with E-state index in [2.05, 4.69) is 29.4 Å². The van der Waals surface area contributed by atoms with E-state index in [0.717, 1.165) is 22.2 Å². The number of benzene rings is 1. The zero-order chi connectivity index (χ0) is 17.7. The Morgan fingerprint density at radius 3 is 2.46 bits per heavy atom. The van der Waals surface area contributed by atoms with Gasteiger partial charge in [0.25, 0.3) is 0 Å². The van der Waals surface area contributed by atoms with Crippen molar-refractivity contribution >= 4 is 46.5 Å². The molecule has 0 bridgehead atoms. The smallest absolute Gasteiger partial charge is 0.237 e. The van der Waals surface area contributed by atoms with Crippen molar-refractivity contribution in [3.05, 3.63) is 29.8 Å². The molecule has 0 saturated heterocycles. The van der Waals surface area contributed by atoms with Gasteiger partial charge in [0.1, 0.15) is 17.3 Å². The molecule has 1 aromatic heterocycles. The van der Waals surface area contributed by atoms with Gasteiger partial charge < -0.3 is 5.32 Å². The Morgan fingerprint density at radius 1 is 1.21 bits per heavy atom. The van der Waals surface area contributed by atoms with Gasteiger partial charge in [-0.15, -0.1) is 10.2 Å². The number of carbonyl (C=O) groups is 1. The van der Waals surface area contributed by atoms with Crippen molar-refractivity contribution in [2.75, 3.05) is 11.1 Å². The molecule has 130 valence electrons. The minimum Gasteiger partial charge on any atom is -0.320 e. The molecule has 2 rings (SSSR count). The second-order valence-corrected chi connectivity index (χ2v) is 9.22. The zero-order valence-corrected chi connectivity index (χ0v) is 15.8. The van der Waals surface area contributed by atoms with Crippen LogP contribution in [0.3, 0.4) is 0 Å². The van der Waals surface area contributed by atoms with E-state index in [0.29, 0.717) is 10.3 Å². The summed E-state index contributed by atoms with van der Waals surface area (Å²) in [4.78, 5) is 12.1. The van der Waals surface area contributed by atoms with Gasteiger partial charge in [-0.05, 0) is 25.0 Å². The first-order chi connectivity index (χ1) is 11.4. The molecule has 0 saturated carbocycles. The van der Waals surface area contributed by atoms with Gasteiger partial charge in [-0.3, -0.25) is 4.79 Å². The van der Waals surface area contributed by atoms with Gasteiger partial charge in [0, 0.05) is 5.75 Å². The topological polar surface area (TPSA) is 54.9 Å². The van der Waals surface area contributed by atoms with E-state index in [4.69, 9.17) is 0 Å². The number of rotatable bonds is 7. The van der Waals surface area contributed by atoms with E-state index in [-0.39, 0.29) is 0 Å². The summed E-state index contributed by atoms with van der Waals surface area (Å²) in [5, 5.41) is 9.84. The highest BCUT2D eigenvalue weighted by Gasteiger charge is 2.20. The van der Waals surface area contributed by atoms with Crippen molar-refractivity contribution in [1.29, 1.82) is 0 Å². The van der Waals surface area contributed by atoms with Gasteiger partial charge in [-0.1, -0.05) is 54.8 Å². The molecule has 0 unspecified atom stereocenters. The standard InChI is InChI=1S/C15H17F2N3OS3/c1-8(2)7-22-14-19-20-15(24-14)23-9(3)13(21)18-12-10(16)5-4-6-11(12)17/h4-6,8-9H,7H2,1-3H3,(H,18,21)/t9-/m0/s1. The summed E-state index contributed by atoms with van der Waals surface area (Å²) in [5.41, 5.74) is -0.430. The highest BCUT2D eigenvalue weighted by Crippen LogP contribution is 2.32. The quantitative estimate of drug-likeness (QED) is 0.697.